The van der Waals surface area contributed by atoms with Gasteiger partial charge in [-0.3, -0.25) is 9.67 Å². The molecule has 7 nitrogen and oxygen atoms in total. The van der Waals surface area contributed by atoms with E-state index < -0.39 is 0 Å². The minimum Gasteiger partial charge on any atom is -0.373 e. The van der Waals surface area contributed by atoms with Crippen molar-refractivity contribution < 1.29 is 4.74 Å². The Hall–Kier alpha value is -2.54. The van der Waals surface area contributed by atoms with E-state index in [1.807, 2.05) is 25.4 Å². The smallest absolute Gasteiger partial charge is 0.165 e. The van der Waals surface area contributed by atoms with E-state index in [2.05, 4.69) is 15.4 Å². The van der Waals surface area contributed by atoms with Crippen molar-refractivity contribution in [2.75, 3.05) is 11.9 Å². The first-order valence-electron chi connectivity index (χ1n) is 9.73. The summed E-state index contributed by atoms with van der Waals surface area (Å²) in [5.74, 6) is 1.49. The minimum absolute atomic E-state index is 0.0726. The van der Waals surface area contributed by atoms with Crippen molar-refractivity contribution in [2.24, 2.45) is 7.05 Å². The summed E-state index contributed by atoms with van der Waals surface area (Å²) in [7, 11) is 1.90. The molecule has 0 bridgehead atoms. The number of aryl methyl sites for hydroxylation is 1. The maximum Gasteiger partial charge on any atom is 0.165 e. The molecule has 1 saturated heterocycles. The zero-order chi connectivity index (χ0) is 18.3. The minimum atomic E-state index is 0.0726. The molecule has 2 aliphatic rings. The SMILES string of the molecule is Cn1ncc2c(N[C@@H]3COC4(CCCCC4)C3)nc(-c3cccnc3)nc21. The molecule has 0 radical (unpaired) electrons. The molecule has 1 aliphatic carbocycles. The molecule has 0 unspecified atom stereocenters. The predicted octanol–water partition coefficient (Wildman–Crippen LogP) is 3.33. The first kappa shape index (κ1) is 16.6. The van der Waals surface area contributed by atoms with Gasteiger partial charge in [-0.05, 0) is 31.4 Å². The number of aromatic nitrogens is 5. The van der Waals surface area contributed by atoms with Crippen LogP contribution in [0.4, 0.5) is 5.82 Å². The zero-order valence-electron chi connectivity index (χ0n) is 15.6. The van der Waals surface area contributed by atoms with Crippen molar-refractivity contribution in [3.63, 3.8) is 0 Å². The Morgan fingerprint density at radius 1 is 1.19 bits per heavy atom. The van der Waals surface area contributed by atoms with Crippen molar-refractivity contribution >= 4 is 16.9 Å². The lowest BCUT2D eigenvalue weighted by Crippen LogP contribution is -2.31. The van der Waals surface area contributed by atoms with E-state index in [1.54, 1.807) is 17.1 Å². The maximum atomic E-state index is 6.26. The second kappa shape index (κ2) is 6.56. The molecule has 1 atom stereocenters. The Morgan fingerprint density at radius 2 is 2.07 bits per heavy atom. The monoisotopic (exact) mass is 364 g/mol. The van der Waals surface area contributed by atoms with Crippen LogP contribution in [0.2, 0.25) is 0 Å². The molecule has 0 aromatic carbocycles. The van der Waals surface area contributed by atoms with Crippen LogP contribution in [0.25, 0.3) is 22.4 Å². The van der Waals surface area contributed by atoms with Gasteiger partial charge in [0.05, 0.1) is 29.8 Å². The van der Waals surface area contributed by atoms with Crippen LogP contribution < -0.4 is 5.32 Å². The highest BCUT2D eigenvalue weighted by molar-refractivity contribution is 5.88. The highest BCUT2D eigenvalue weighted by Crippen LogP contribution is 2.40. The summed E-state index contributed by atoms with van der Waals surface area (Å²) >= 11 is 0. The normalized spacial score (nSPS) is 21.7. The number of hydrogen-bond acceptors (Lipinski definition) is 6. The number of rotatable bonds is 3. The maximum absolute atomic E-state index is 6.26. The van der Waals surface area contributed by atoms with Crippen molar-refractivity contribution in [1.29, 1.82) is 0 Å². The first-order chi connectivity index (χ1) is 13.2. The molecule has 1 saturated carbocycles. The molecule has 2 fully saturated rings. The van der Waals surface area contributed by atoms with Crippen LogP contribution in [0.3, 0.4) is 0 Å². The topological polar surface area (TPSA) is 77.8 Å². The van der Waals surface area contributed by atoms with Crippen molar-refractivity contribution in [3.8, 4) is 11.4 Å². The number of hydrogen-bond donors (Lipinski definition) is 1. The Morgan fingerprint density at radius 3 is 2.89 bits per heavy atom. The third kappa shape index (κ3) is 3.06. The van der Waals surface area contributed by atoms with Gasteiger partial charge in [-0.1, -0.05) is 19.3 Å². The number of pyridine rings is 1. The summed E-state index contributed by atoms with van der Waals surface area (Å²) < 4.78 is 8.05. The summed E-state index contributed by atoms with van der Waals surface area (Å²) in [4.78, 5) is 13.7. The third-order valence-corrected chi connectivity index (χ3v) is 5.83. The van der Waals surface area contributed by atoms with Crippen LogP contribution in [0.5, 0.6) is 0 Å². The number of nitrogens with one attached hydrogen (secondary N) is 1. The third-order valence-electron chi connectivity index (χ3n) is 5.83. The fourth-order valence-corrected chi connectivity index (χ4v) is 4.43. The van der Waals surface area contributed by atoms with Gasteiger partial charge in [-0.25, -0.2) is 9.97 Å². The van der Waals surface area contributed by atoms with Crippen LogP contribution in [0.15, 0.2) is 30.7 Å². The van der Waals surface area contributed by atoms with Crippen LogP contribution >= 0.6 is 0 Å². The Kier molecular flexibility index (Phi) is 4.04. The summed E-state index contributed by atoms with van der Waals surface area (Å²) in [6.45, 7) is 0.730. The van der Waals surface area contributed by atoms with Crippen molar-refractivity contribution in [3.05, 3.63) is 30.7 Å². The van der Waals surface area contributed by atoms with Gasteiger partial charge in [-0.2, -0.15) is 5.10 Å². The molecule has 1 aliphatic heterocycles. The van der Waals surface area contributed by atoms with Gasteiger partial charge < -0.3 is 10.1 Å². The van der Waals surface area contributed by atoms with Crippen LogP contribution in [0, 0.1) is 0 Å². The molecule has 1 spiro atoms. The van der Waals surface area contributed by atoms with Gasteiger partial charge in [0.2, 0.25) is 0 Å². The van der Waals surface area contributed by atoms with Crippen molar-refractivity contribution in [1.82, 2.24) is 24.7 Å². The Labute approximate surface area is 158 Å². The van der Waals surface area contributed by atoms with E-state index in [0.29, 0.717) is 5.82 Å². The van der Waals surface area contributed by atoms with Gasteiger partial charge in [0.25, 0.3) is 0 Å². The molecular weight excluding hydrogens is 340 g/mol. The predicted molar refractivity (Wildman–Crippen MR) is 103 cm³/mol. The quantitative estimate of drug-likeness (QED) is 0.768. The fourth-order valence-electron chi connectivity index (χ4n) is 4.43. The first-order valence-corrected chi connectivity index (χ1v) is 9.73. The van der Waals surface area contributed by atoms with Crippen LogP contribution in [0.1, 0.15) is 38.5 Å². The summed E-state index contributed by atoms with van der Waals surface area (Å²) in [5, 5.41) is 8.95. The number of fused-ring (bicyclic) bond motifs is 1. The average molecular weight is 364 g/mol. The molecule has 3 aromatic rings. The molecule has 5 rings (SSSR count). The lowest BCUT2D eigenvalue weighted by molar-refractivity contribution is -0.0244. The van der Waals surface area contributed by atoms with Gasteiger partial charge in [0, 0.05) is 25.0 Å². The number of ether oxygens (including phenoxy) is 1. The molecule has 140 valence electrons. The fraction of sp³-hybridized carbons (Fsp3) is 0.500. The van der Waals surface area contributed by atoms with E-state index in [1.165, 1.54) is 32.1 Å². The van der Waals surface area contributed by atoms with E-state index in [4.69, 9.17) is 14.7 Å². The van der Waals surface area contributed by atoms with Gasteiger partial charge >= 0.3 is 0 Å². The standard InChI is InChI=1S/C20H24N6O/c1-26-19-16(12-22-26)18(24-17(25-19)14-6-5-9-21-11-14)23-15-10-20(27-13-15)7-3-2-4-8-20/h5-6,9,11-12,15H,2-4,7-8,10,13H2,1H3,(H,23,24,25)/t15-/m0/s1. The summed E-state index contributed by atoms with van der Waals surface area (Å²) in [6.07, 6.45) is 12.7. The highest BCUT2D eigenvalue weighted by Gasteiger charge is 2.41. The Bertz CT molecular complexity index is 948. The van der Waals surface area contributed by atoms with E-state index in [-0.39, 0.29) is 11.6 Å². The van der Waals surface area contributed by atoms with E-state index in [9.17, 15) is 0 Å². The van der Waals surface area contributed by atoms with Gasteiger partial charge in [-0.15, -0.1) is 0 Å². The van der Waals surface area contributed by atoms with Gasteiger partial charge in [0.1, 0.15) is 5.82 Å². The lowest BCUT2D eigenvalue weighted by atomic mass is 9.82. The molecular formula is C20H24N6O. The molecule has 7 heteroatoms. The molecule has 1 N–H and O–H groups in total. The highest BCUT2D eigenvalue weighted by atomic mass is 16.5. The Balaban J connectivity index is 1.47. The van der Waals surface area contributed by atoms with E-state index in [0.717, 1.165) is 35.4 Å². The summed E-state index contributed by atoms with van der Waals surface area (Å²) in [5.41, 5.74) is 1.79. The lowest BCUT2D eigenvalue weighted by Gasteiger charge is -2.32. The number of nitrogens with zero attached hydrogens (tertiary/aromatic N) is 5. The second-order valence-electron chi connectivity index (χ2n) is 7.74. The summed E-state index contributed by atoms with van der Waals surface area (Å²) in [6, 6.07) is 4.14. The van der Waals surface area contributed by atoms with Crippen LogP contribution in [-0.2, 0) is 11.8 Å². The average Bonchev–Trinajstić information content (AvgIpc) is 3.27. The molecule has 27 heavy (non-hydrogen) atoms. The van der Waals surface area contributed by atoms with Crippen molar-refractivity contribution in [2.45, 2.75) is 50.2 Å². The van der Waals surface area contributed by atoms with E-state index >= 15 is 0 Å². The zero-order valence-corrected chi connectivity index (χ0v) is 15.6. The largest absolute Gasteiger partial charge is 0.373 e. The molecule has 0 amide bonds. The molecule has 4 heterocycles. The second-order valence-corrected chi connectivity index (χ2v) is 7.74. The number of anilines is 1. The van der Waals surface area contributed by atoms with Crippen LogP contribution in [-0.4, -0.2) is 43.0 Å². The van der Waals surface area contributed by atoms with Gasteiger partial charge in [0.15, 0.2) is 11.5 Å². The molecule has 3 aromatic heterocycles.